The number of hydrogen-bond acceptors (Lipinski definition) is 9. The van der Waals surface area contributed by atoms with Gasteiger partial charge in [0.15, 0.2) is 18.1 Å². The molecule has 2 aromatic rings. The van der Waals surface area contributed by atoms with Crippen molar-refractivity contribution in [3.63, 3.8) is 0 Å². The molecule has 2 aliphatic heterocycles. The van der Waals surface area contributed by atoms with Gasteiger partial charge in [0, 0.05) is 24.6 Å². The van der Waals surface area contributed by atoms with Gasteiger partial charge in [0.1, 0.15) is 22.5 Å². The van der Waals surface area contributed by atoms with Crippen LogP contribution in [0.5, 0.6) is 11.5 Å². The number of rotatable bonds is 7. The minimum absolute atomic E-state index is 0.0309. The third-order valence-electron chi connectivity index (χ3n) is 4.83. The fourth-order valence-corrected chi connectivity index (χ4v) is 7.07. The van der Waals surface area contributed by atoms with Crippen molar-refractivity contribution < 1.29 is 32.2 Å². The summed E-state index contributed by atoms with van der Waals surface area (Å²) in [6.45, 7) is 0.730. The maximum absolute atomic E-state index is 12.9. The van der Waals surface area contributed by atoms with Crippen molar-refractivity contribution in [3.05, 3.63) is 40.6 Å². The fraction of sp³-hybridized carbons (Fsp3) is 0.400. The molecule has 1 aromatic carbocycles. The summed E-state index contributed by atoms with van der Waals surface area (Å²) < 4.78 is 43.6. The van der Waals surface area contributed by atoms with E-state index in [0.29, 0.717) is 36.1 Å². The zero-order valence-electron chi connectivity index (χ0n) is 17.0. The predicted octanol–water partition coefficient (Wildman–Crippen LogP) is 1.60. The van der Waals surface area contributed by atoms with Crippen LogP contribution in [-0.2, 0) is 19.6 Å². The number of fused-ring (bicyclic) bond motifs is 1. The maximum Gasteiger partial charge on any atom is 0.350 e. The van der Waals surface area contributed by atoms with E-state index in [4.69, 9.17) is 14.2 Å². The number of benzene rings is 1. The first kappa shape index (κ1) is 22.9. The molecular weight excluding hydrogens is 476 g/mol. The Labute approximate surface area is 194 Å². The minimum Gasteiger partial charge on any atom is -0.486 e. The molecule has 0 radical (unpaired) electrons. The highest BCUT2D eigenvalue weighted by Gasteiger charge is 2.32. The molecule has 4 rings (SSSR count). The molecular formula is C20H22N2O7S3. The summed E-state index contributed by atoms with van der Waals surface area (Å²) in [5.41, 5.74) is 0. The van der Waals surface area contributed by atoms with E-state index in [1.807, 2.05) is 12.1 Å². The van der Waals surface area contributed by atoms with Gasteiger partial charge < -0.3 is 19.5 Å². The number of hydrogen-bond donors (Lipinski definition) is 1. The number of carbonyl (C=O) groups excluding carboxylic acids is 2. The highest BCUT2D eigenvalue weighted by molar-refractivity contribution is 7.99. The molecule has 1 N–H and O–H groups in total. The number of amides is 1. The van der Waals surface area contributed by atoms with Gasteiger partial charge >= 0.3 is 5.97 Å². The number of thiophene rings is 1. The molecule has 0 spiro atoms. The van der Waals surface area contributed by atoms with Crippen molar-refractivity contribution in [3.8, 4) is 11.5 Å². The van der Waals surface area contributed by atoms with Crippen molar-refractivity contribution >= 4 is 45.0 Å². The van der Waals surface area contributed by atoms with Crippen molar-refractivity contribution in [1.82, 2.24) is 9.62 Å². The molecule has 9 nitrogen and oxygen atoms in total. The van der Waals surface area contributed by atoms with Gasteiger partial charge in [-0.15, -0.1) is 11.3 Å². The van der Waals surface area contributed by atoms with Crippen LogP contribution in [0.1, 0.15) is 9.67 Å². The number of ether oxygens (including phenoxy) is 3. The van der Waals surface area contributed by atoms with Gasteiger partial charge in [-0.05, 0) is 23.6 Å². The zero-order valence-corrected chi connectivity index (χ0v) is 19.5. The van der Waals surface area contributed by atoms with Crippen molar-refractivity contribution in [1.29, 1.82) is 0 Å². The summed E-state index contributed by atoms with van der Waals surface area (Å²) in [7, 11) is -3.78. The lowest BCUT2D eigenvalue weighted by Gasteiger charge is -2.26. The summed E-state index contributed by atoms with van der Waals surface area (Å²) in [5, 5.41) is 4.16. The van der Waals surface area contributed by atoms with Crippen LogP contribution >= 0.6 is 23.1 Å². The first-order valence-corrected chi connectivity index (χ1v) is 13.4. The van der Waals surface area contributed by atoms with Gasteiger partial charge in [0.25, 0.3) is 5.91 Å². The molecule has 3 heterocycles. The van der Waals surface area contributed by atoms with E-state index >= 15 is 0 Å². The zero-order chi connectivity index (χ0) is 22.6. The molecule has 12 heteroatoms. The van der Waals surface area contributed by atoms with Crippen molar-refractivity contribution in [2.24, 2.45) is 0 Å². The lowest BCUT2D eigenvalue weighted by atomic mass is 10.2. The Morgan fingerprint density at radius 1 is 1.16 bits per heavy atom. The molecule has 0 aliphatic carbocycles. The Morgan fingerprint density at radius 3 is 2.69 bits per heavy atom. The van der Waals surface area contributed by atoms with Gasteiger partial charge in [-0.25, -0.2) is 13.2 Å². The Balaban J connectivity index is 1.28. The van der Waals surface area contributed by atoms with Crippen molar-refractivity contribution in [2.45, 2.75) is 11.0 Å². The average molecular weight is 499 g/mol. The third-order valence-corrected chi connectivity index (χ3v) is 8.74. The summed E-state index contributed by atoms with van der Waals surface area (Å²) in [4.78, 5) is 24.5. The van der Waals surface area contributed by atoms with Gasteiger partial charge in [0.05, 0.1) is 6.54 Å². The van der Waals surface area contributed by atoms with Crippen LogP contribution in [0, 0.1) is 0 Å². The summed E-state index contributed by atoms with van der Waals surface area (Å²) >= 11 is 2.66. The lowest BCUT2D eigenvalue weighted by Crippen LogP contribution is -2.42. The Kier molecular flexibility index (Phi) is 7.23. The van der Waals surface area contributed by atoms with E-state index in [1.165, 1.54) is 15.8 Å². The highest BCUT2D eigenvalue weighted by atomic mass is 32.2. The molecule has 32 heavy (non-hydrogen) atoms. The van der Waals surface area contributed by atoms with Gasteiger partial charge in [-0.1, -0.05) is 12.1 Å². The largest absolute Gasteiger partial charge is 0.486 e. The monoisotopic (exact) mass is 498 g/mol. The predicted molar refractivity (Wildman–Crippen MR) is 120 cm³/mol. The molecule has 1 aromatic heterocycles. The fourth-order valence-electron chi connectivity index (χ4n) is 3.21. The van der Waals surface area contributed by atoms with Crippen LogP contribution in [0.4, 0.5) is 0 Å². The molecule has 1 amide bonds. The van der Waals surface area contributed by atoms with Crippen molar-refractivity contribution in [2.75, 3.05) is 44.4 Å². The first-order valence-electron chi connectivity index (χ1n) is 9.93. The van der Waals surface area contributed by atoms with E-state index in [2.05, 4.69) is 5.32 Å². The quantitative estimate of drug-likeness (QED) is 0.573. The third kappa shape index (κ3) is 5.20. The van der Waals surface area contributed by atoms with E-state index in [9.17, 15) is 18.0 Å². The molecule has 0 bridgehead atoms. The van der Waals surface area contributed by atoms with Crippen LogP contribution in [0.3, 0.4) is 0 Å². The molecule has 172 valence electrons. The molecule has 0 saturated carbocycles. The maximum atomic E-state index is 12.9. The molecule has 2 aliphatic rings. The minimum atomic E-state index is -3.78. The van der Waals surface area contributed by atoms with Gasteiger partial charge in [-0.3, -0.25) is 4.79 Å². The molecule has 1 atom stereocenters. The second-order valence-corrected chi connectivity index (χ2v) is 11.1. The number of para-hydroxylation sites is 2. The second-order valence-electron chi connectivity index (χ2n) is 7.01. The number of nitrogens with zero attached hydrogens (tertiary/aromatic N) is 1. The van der Waals surface area contributed by atoms with Gasteiger partial charge in [0.2, 0.25) is 10.0 Å². The topological polar surface area (TPSA) is 111 Å². The van der Waals surface area contributed by atoms with Crippen LogP contribution in [0.15, 0.2) is 40.6 Å². The van der Waals surface area contributed by atoms with Crippen LogP contribution in [0.2, 0.25) is 0 Å². The van der Waals surface area contributed by atoms with E-state index in [1.54, 1.807) is 23.9 Å². The van der Waals surface area contributed by atoms with Crippen LogP contribution in [0.25, 0.3) is 0 Å². The first-order chi connectivity index (χ1) is 15.4. The van der Waals surface area contributed by atoms with Gasteiger partial charge in [-0.2, -0.15) is 16.1 Å². The highest BCUT2D eigenvalue weighted by Crippen LogP contribution is 2.31. The summed E-state index contributed by atoms with van der Waals surface area (Å²) in [6.07, 6.45) is -0.374. The number of carbonyl (C=O) groups is 2. The van der Waals surface area contributed by atoms with Crippen LogP contribution in [-0.4, -0.2) is 75.1 Å². The molecule has 1 fully saturated rings. The number of sulfonamides is 1. The van der Waals surface area contributed by atoms with E-state index in [-0.39, 0.29) is 29.0 Å². The number of nitrogens with one attached hydrogen (secondary N) is 1. The average Bonchev–Trinajstić information content (AvgIpc) is 3.33. The molecule has 1 saturated heterocycles. The Morgan fingerprint density at radius 2 is 1.91 bits per heavy atom. The Bertz CT molecular complexity index is 1080. The van der Waals surface area contributed by atoms with E-state index in [0.717, 1.165) is 11.3 Å². The summed E-state index contributed by atoms with van der Waals surface area (Å²) in [5.74, 6) is 1.31. The van der Waals surface area contributed by atoms with E-state index < -0.39 is 28.5 Å². The summed E-state index contributed by atoms with van der Waals surface area (Å²) in [6, 6.07) is 8.64. The smallest absolute Gasteiger partial charge is 0.350 e. The standard InChI is InChI=1S/C20H22N2O7S3/c23-18(21-11-14-12-27-15-3-1-2-4-16(15)29-14)13-28-20(24)19-17(5-8-31-19)32(25,26)22-6-9-30-10-7-22/h1-5,8,14H,6-7,9-13H2,(H,21,23). The normalized spacial score (nSPS) is 18.7. The number of thioether (sulfide) groups is 1. The Hall–Kier alpha value is -2.28. The second kappa shape index (κ2) is 10.1. The lowest BCUT2D eigenvalue weighted by molar-refractivity contribution is -0.124. The van der Waals surface area contributed by atoms with Crippen LogP contribution < -0.4 is 14.8 Å². The SMILES string of the molecule is O=C(COC(=O)c1sccc1S(=O)(=O)N1CCSCC1)NCC1COc2ccccc2O1. The molecule has 1 unspecified atom stereocenters. The number of esters is 1.